The number of amides is 1. The summed E-state index contributed by atoms with van der Waals surface area (Å²) in [5.74, 6) is -0.285. The predicted octanol–water partition coefficient (Wildman–Crippen LogP) is 9.50. The van der Waals surface area contributed by atoms with Gasteiger partial charge in [-0.1, -0.05) is 98.2 Å². The molecule has 0 radical (unpaired) electrons. The maximum absolute atomic E-state index is 12.2. The number of hydrogen-bond donors (Lipinski definition) is 2. The second-order valence-corrected chi connectivity index (χ2v) is 21.6. The van der Waals surface area contributed by atoms with Crippen molar-refractivity contribution < 1.29 is 14.6 Å². The lowest BCUT2D eigenvalue weighted by Gasteiger charge is -2.44. The summed E-state index contributed by atoms with van der Waals surface area (Å²) in [7, 11) is -1.69. The Kier molecular flexibility index (Phi) is 11.0. The molecule has 0 saturated heterocycles. The molecule has 0 spiro atoms. The van der Waals surface area contributed by atoms with Crippen LogP contribution in [0.25, 0.3) is 0 Å². The van der Waals surface area contributed by atoms with Gasteiger partial charge in [-0.05, 0) is 70.8 Å². The SMILES string of the molecule is CC(C)[Si](Sc1ccc(C(C[C@](O)(c2cccc(Cl)c2)C(C)(C)C)[C@@H](C)OC(N)=O)cc1)(C(C)C)C(C)C. The van der Waals surface area contributed by atoms with Gasteiger partial charge in [0.25, 0.3) is 0 Å². The first-order chi connectivity index (χ1) is 17.5. The molecule has 2 aromatic carbocycles. The number of halogens is 1. The molecule has 3 N–H and O–H groups in total. The molecule has 0 fully saturated rings. The van der Waals surface area contributed by atoms with Gasteiger partial charge in [0.2, 0.25) is 0 Å². The molecule has 7 heteroatoms. The van der Waals surface area contributed by atoms with Crippen LogP contribution in [0, 0.1) is 5.41 Å². The van der Waals surface area contributed by atoms with E-state index in [4.69, 9.17) is 22.1 Å². The number of aliphatic hydroxyl groups is 1. The van der Waals surface area contributed by atoms with Gasteiger partial charge in [-0.15, -0.1) is 0 Å². The predicted molar refractivity (Wildman–Crippen MR) is 166 cm³/mol. The molecule has 0 aromatic heterocycles. The fraction of sp³-hybridized carbons (Fsp3) is 0.581. The second-order valence-electron chi connectivity index (χ2n) is 12.6. The number of nitrogens with two attached hydrogens (primary N) is 1. The minimum atomic E-state index is -1.69. The van der Waals surface area contributed by atoms with Gasteiger partial charge >= 0.3 is 6.09 Å². The van der Waals surface area contributed by atoms with Gasteiger partial charge in [-0.25, -0.2) is 4.79 Å². The lowest BCUT2D eigenvalue weighted by molar-refractivity contribution is -0.0840. The quantitative estimate of drug-likeness (QED) is 0.261. The van der Waals surface area contributed by atoms with Crippen molar-refractivity contribution in [3.8, 4) is 0 Å². The van der Waals surface area contributed by atoms with E-state index >= 15 is 0 Å². The Bertz CT molecular complexity index is 1050. The topological polar surface area (TPSA) is 72.6 Å². The molecule has 4 nitrogen and oxygen atoms in total. The van der Waals surface area contributed by atoms with E-state index in [2.05, 4.69) is 77.0 Å². The smallest absolute Gasteiger partial charge is 0.404 e. The van der Waals surface area contributed by atoms with Crippen LogP contribution in [0.15, 0.2) is 53.4 Å². The molecule has 0 aliphatic heterocycles. The van der Waals surface area contributed by atoms with Crippen LogP contribution in [0.4, 0.5) is 4.79 Å². The van der Waals surface area contributed by atoms with E-state index in [1.807, 2.05) is 45.9 Å². The summed E-state index contributed by atoms with van der Waals surface area (Å²) in [6.07, 6.45) is -1.02. The van der Waals surface area contributed by atoms with Crippen LogP contribution in [-0.2, 0) is 10.3 Å². The van der Waals surface area contributed by atoms with Crippen molar-refractivity contribution in [2.24, 2.45) is 11.1 Å². The minimum absolute atomic E-state index is 0.285. The summed E-state index contributed by atoms with van der Waals surface area (Å²) >= 11 is 8.41. The molecule has 0 aliphatic rings. The molecule has 212 valence electrons. The number of hydrogen-bond acceptors (Lipinski definition) is 4. The summed E-state index contributed by atoms with van der Waals surface area (Å²) < 4.78 is 5.49. The van der Waals surface area contributed by atoms with E-state index in [1.165, 1.54) is 4.90 Å². The minimum Gasteiger partial charge on any atom is -0.446 e. The van der Waals surface area contributed by atoms with Crippen LogP contribution in [0.1, 0.15) is 92.7 Å². The largest absolute Gasteiger partial charge is 0.446 e. The highest BCUT2D eigenvalue weighted by atomic mass is 35.5. The normalized spacial score (nSPS) is 16.0. The van der Waals surface area contributed by atoms with E-state index in [1.54, 1.807) is 6.07 Å². The van der Waals surface area contributed by atoms with E-state index in [-0.39, 0.29) is 5.92 Å². The fourth-order valence-corrected chi connectivity index (χ4v) is 15.4. The average molecular weight is 578 g/mol. The van der Waals surface area contributed by atoms with Gasteiger partial charge in [0.15, 0.2) is 0 Å². The Morgan fingerprint density at radius 3 is 1.92 bits per heavy atom. The highest BCUT2D eigenvalue weighted by Crippen LogP contribution is 2.52. The highest BCUT2D eigenvalue weighted by molar-refractivity contribution is 8.29. The first kappa shape index (κ1) is 32.7. The first-order valence-corrected chi connectivity index (χ1v) is 17.8. The average Bonchev–Trinajstić information content (AvgIpc) is 2.79. The van der Waals surface area contributed by atoms with Crippen LogP contribution in [-0.4, -0.2) is 24.5 Å². The Labute approximate surface area is 240 Å². The Morgan fingerprint density at radius 1 is 0.974 bits per heavy atom. The van der Waals surface area contributed by atoms with Crippen molar-refractivity contribution >= 4 is 36.1 Å². The maximum Gasteiger partial charge on any atom is 0.404 e. The van der Waals surface area contributed by atoms with E-state index in [0.29, 0.717) is 28.1 Å². The molecule has 2 aromatic rings. The Morgan fingerprint density at radius 2 is 1.50 bits per heavy atom. The summed E-state index contributed by atoms with van der Waals surface area (Å²) in [4.78, 5) is 13.0. The van der Waals surface area contributed by atoms with Crippen molar-refractivity contribution in [3.05, 3.63) is 64.7 Å². The van der Waals surface area contributed by atoms with Gasteiger partial charge in [0, 0.05) is 15.8 Å². The summed E-state index contributed by atoms with van der Waals surface area (Å²) in [5, 5.41) is 12.8. The van der Waals surface area contributed by atoms with Crippen molar-refractivity contribution in [1.82, 2.24) is 0 Å². The molecular formula is C31H48ClNO3SSi. The monoisotopic (exact) mass is 577 g/mol. The Balaban J connectivity index is 2.54. The van der Waals surface area contributed by atoms with Crippen molar-refractivity contribution in [1.29, 1.82) is 0 Å². The fourth-order valence-electron chi connectivity index (χ4n) is 6.08. The molecule has 0 aliphatic carbocycles. The van der Waals surface area contributed by atoms with Crippen molar-refractivity contribution in [3.63, 3.8) is 0 Å². The van der Waals surface area contributed by atoms with Gasteiger partial charge in [-0.3, -0.25) is 0 Å². The first-order valence-electron chi connectivity index (χ1n) is 13.7. The number of benzene rings is 2. The van der Waals surface area contributed by atoms with Crippen LogP contribution in [0.5, 0.6) is 0 Å². The van der Waals surface area contributed by atoms with Gasteiger partial charge < -0.3 is 15.6 Å². The zero-order chi connectivity index (χ0) is 29.1. The van der Waals surface area contributed by atoms with Crippen LogP contribution >= 0.6 is 22.8 Å². The number of carbonyl (C=O) groups is 1. The molecule has 1 amide bonds. The van der Waals surface area contributed by atoms with E-state index in [9.17, 15) is 9.90 Å². The lowest BCUT2D eigenvalue weighted by Crippen LogP contribution is -2.43. The molecule has 38 heavy (non-hydrogen) atoms. The summed E-state index contributed by atoms with van der Waals surface area (Å²) in [6, 6.07) is 16.0. The van der Waals surface area contributed by atoms with Crippen LogP contribution < -0.4 is 5.73 Å². The molecule has 2 rings (SSSR count). The van der Waals surface area contributed by atoms with Gasteiger partial charge in [0.05, 0.1) is 5.60 Å². The van der Waals surface area contributed by atoms with Gasteiger partial charge in [-0.2, -0.15) is 11.2 Å². The third-order valence-electron chi connectivity index (χ3n) is 8.24. The summed E-state index contributed by atoms with van der Waals surface area (Å²) in [5.41, 5.74) is 7.34. The maximum atomic E-state index is 12.2. The number of rotatable bonds is 11. The molecule has 0 saturated carbocycles. The zero-order valence-corrected chi connectivity index (χ0v) is 27.4. The number of ether oxygens (including phenoxy) is 1. The number of primary amides is 1. The van der Waals surface area contributed by atoms with E-state index in [0.717, 1.165) is 11.1 Å². The molecule has 1 unspecified atom stereocenters. The lowest BCUT2D eigenvalue weighted by atomic mass is 9.66. The van der Waals surface area contributed by atoms with Crippen LogP contribution in [0.2, 0.25) is 21.6 Å². The zero-order valence-electron chi connectivity index (χ0n) is 24.8. The molecule has 0 bridgehead atoms. The van der Waals surface area contributed by atoms with Gasteiger partial charge in [0.1, 0.15) is 13.3 Å². The molecule has 3 atom stereocenters. The van der Waals surface area contributed by atoms with E-state index < -0.39 is 30.4 Å². The van der Waals surface area contributed by atoms with Crippen LogP contribution in [0.3, 0.4) is 0 Å². The standard InChI is InChI=1S/C31H48ClNO3SSi/c1-20(2)38(21(3)4,22(5)6)37-27-16-14-24(15-17-27)28(23(7)36-29(33)34)19-31(35,30(8,9)10)25-12-11-13-26(32)18-25/h11-18,20-23,28,35H,19H2,1-10H3,(H2,33,34)/t23-,28?,31+/m1/s1. The Hall–Kier alpha value is -1.47. The van der Waals surface area contributed by atoms with Crippen molar-refractivity contribution in [2.45, 2.75) is 115 Å². The molecule has 0 heterocycles. The third-order valence-corrected chi connectivity index (χ3v) is 20.8. The third kappa shape index (κ3) is 7.18. The second kappa shape index (κ2) is 12.8. The van der Waals surface area contributed by atoms with Crippen molar-refractivity contribution in [2.75, 3.05) is 0 Å². The highest BCUT2D eigenvalue weighted by Gasteiger charge is 2.46. The summed E-state index contributed by atoms with van der Waals surface area (Å²) in [6.45, 7) is 22.1. The molecular weight excluding hydrogens is 530 g/mol. The number of carbonyl (C=O) groups excluding carboxylic acids is 1.